The molecule has 3 nitrogen and oxygen atoms in total. The summed E-state index contributed by atoms with van der Waals surface area (Å²) in [6.07, 6.45) is 2.52. The summed E-state index contributed by atoms with van der Waals surface area (Å²) in [5.41, 5.74) is 1.02. The number of hydrogen-bond acceptors (Lipinski definition) is 4. The highest BCUT2D eigenvalue weighted by atomic mass is 32.1. The number of nitrogens with one attached hydrogen (secondary N) is 1. The first kappa shape index (κ1) is 9.78. The van der Waals surface area contributed by atoms with E-state index in [0.29, 0.717) is 6.04 Å². The Bertz CT molecular complexity index is 489. The molecule has 0 bridgehead atoms. The Kier molecular flexibility index (Phi) is 2.36. The van der Waals surface area contributed by atoms with Gasteiger partial charge in [-0.05, 0) is 31.2 Å². The average molecular weight is 231 g/mol. The average Bonchev–Trinajstić information content (AvgIpc) is 2.90. The van der Waals surface area contributed by atoms with Gasteiger partial charge >= 0.3 is 0 Å². The second-order valence-electron chi connectivity index (χ2n) is 4.11. The summed E-state index contributed by atoms with van der Waals surface area (Å²) in [5, 5.41) is 5.46. The zero-order valence-corrected chi connectivity index (χ0v) is 9.92. The number of rotatable bonds is 3. The highest BCUT2D eigenvalue weighted by molar-refractivity contribution is 7.13. The van der Waals surface area contributed by atoms with Crippen molar-refractivity contribution >= 4 is 17.2 Å². The SMILES string of the molecule is Cc1cc(NC2CC2)nc(-c2cccs2)n1. The summed E-state index contributed by atoms with van der Waals surface area (Å²) in [6, 6.07) is 6.72. The van der Waals surface area contributed by atoms with E-state index >= 15 is 0 Å². The summed E-state index contributed by atoms with van der Waals surface area (Å²) >= 11 is 1.68. The molecule has 0 amide bonds. The van der Waals surface area contributed by atoms with Crippen molar-refractivity contribution in [3.8, 4) is 10.7 Å². The molecule has 0 aliphatic heterocycles. The van der Waals surface area contributed by atoms with Gasteiger partial charge in [0.15, 0.2) is 5.82 Å². The van der Waals surface area contributed by atoms with Crippen LogP contribution in [0.4, 0.5) is 5.82 Å². The van der Waals surface area contributed by atoms with Crippen LogP contribution in [0.5, 0.6) is 0 Å². The Balaban J connectivity index is 1.95. The quantitative estimate of drug-likeness (QED) is 0.882. The van der Waals surface area contributed by atoms with Crippen LogP contribution < -0.4 is 5.32 Å². The molecule has 2 aromatic heterocycles. The van der Waals surface area contributed by atoms with Gasteiger partial charge in [-0.15, -0.1) is 11.3 Å². The van der Waals surface area contributed by atoms with Gasteiger partial charge in [0.05, 0.1) is 4.88 Å². The summed E-state index contributed by atoms with van der Waals surface area (Å²) in [5.74, 6) is 1.79. The molecule has 0 unspecified atom stereocenters. The number of aromatic nitrogens is 2. The lowest BCUT2D eigenvalue weighted by Crippen LogP contribution is -2.05. The molecular weight excluding hydrogens is 218 g/mol. The van der Waals surface area contributed by atoms with Gasteiger partial charge in [0.1, 0.15) is 5.82 Å². The molecule has 2 heterocycles. The molecule has 0 atom stereocenters. The van der Waals surface area contributed by atoms with Crippen molar-refractivity contribution in [3.05, 3.63) is 29.3 Å². The molecule has 1 fully saturated rings. The number of anilines is 1. The van der Waals surface area contributed by atoms with Gasteiger partial charge in [-0.3, -0.25) is 0 Å². The molecule has 0 aromatic carbocycles. The van der Waals surface area contributed by atoms with Gasteiger partial charge in [-0.1, -0.05) is 6.07 Å². The third-order valence-corrected chi connectivity index (χ3v) is 3.39. The largest absolute Gasteiger partial charge is 0.367 e. The van der Waals surface area contributed by atoms with Gasteiger partial charge in [-0.2, -0.15) is 0 Å². The fourth-order valence-electron chi connectivity index (χ4n) is 1.60. The van der Waals surface area contributed by atoms with Crippen molar-refractivity contribution in [2.45, 2.75) is 25.8 Å². The van der Waals surface area contributed by atoms with Crippen molar-refractivity contribution in [2.24, 2.45) is 0 Å². The van der Waals surface area contributed by atoms with Crippen molar-refractivity contribution in [2.75, 3.05) is 5.32 Å². The maximum Gasteiger partial charge on any atom is 0.171 e. The summed E-state index contributed by atoms with van der Waals surface area (Å²) in [4.78, 5) is 10.1. The lowest BCUT2D eigenvalue weighted by atomic mass is 10.3. The topological polar surface area (TPSA) is 37.8 Å². The van der Waals surface area contributed by atoms with Crippen LogP contribution in [0.3, 0.4) is 0 Å². The highest BCUT2D eigenvalue weighted by Gasteiger charge is 2.21. The van der Waals surface area contributed by atoms with Crippen LogP contribution in [0.1, 0.15) is 18.5 Å². The molecule has 82 valence electrons. The molecule has 1 N–H and O–H groups in total. The van der Waals surface area contributed by atoms with Crippen molar-refractivity contribution < 1.29 is 0 Å². The van der Waals surface area contributed by atoms with E-state index in [4.69, 9.17) is 0 Å². The molecule has 0 saturated heterocycles. The van der Waals surface area contributed by atoms with E-state index in [1.54, 1.807) is 11.3 Å². The van der Waals surface area contributed by atoms with Gasteiger partial charge in [-0.25, -0.2) is 9.97 Å². The molecule has 16 heavy (non-hydrogen) atoms. The van der Waals surface area contributed by atoms with Crippen LogP contribution in [0.25, 0.3) is 10.7 Å². The smallest absolute Gasteiger partial charge is 0.171 e. The molecule has 3 rings (SSSR count). The van der Waals surface area contributed by atoms with E-state index in [-0.39, 0.29) is 0 Å². The minimum atomic E-state index is 0.630. The minimum Gasteiger partial charge on any atom is -0.367 e. The maximum absolute atomic E-state index is 4.54. The Labute approximate surface area is 98.6 Å². The van der Waals surface area contributed by atoms with Crippen LogP contribution in [-0.4, -0.2) is 16.0 Å². The molecule has 1 aliphatic carbocycles. The molecule has 0 radical (unpaired) electrons. The maximum atomic E-state index is 4.54. The first-order valence-electron chi connectivity index (χ1n) is 5.47. The normalized spacial score (nSPS) is 15.1. The number of nitrogens with zero attached hydrogens (tertiary/aromatic N) is 2. The van der Waals surface area contributed by atoms with Crippen molar-refractivity contribution in [1.29, 1.82) is 0 Å². The summed E-state index contributed by atoms with van der Waals surface area (Å²) in [6.45, 7) is 2.01. The summed E-state index contributed by atoms with van der Waals surface area (Å²) < 4.78 is 0. The van der Waals surface area contributed by atoms with E-state index < -0.39 is 0 Å². The standard InChI is InChI=1S/C12H13N3S/c1-8-7-11(14-9-4-5-9)15-12(13-8)10-3-2-6-16-10/h2-3,6-7,9H,4-5H2,1H3,(H,13,14,15). The fourth-order valence-corrected chi connectivity index (χ4v) is 2.25. The Morgan fingerprint density at radius 3 is 2.94 bits per heavy atom. The zero-order chi connectivity index (χ0) is 11.0. The van der Waals surface area contributed by atoms with Crippen molar-refractivity contribution in [3.63, 3.8) is 0 Å². The Morgan fingerprint density at radius 1 is 1.38 bits per heavy atom. The van der Waals surface area contributed by atoms with Gasteiger partial charge in [0.25, 0.3) is 0 Å². The fraction of sp³-hybridized carbons (Fsp3) is 0.333. The predicted octanol–water partition coefficient (Wildman–Crippen LogP) is 3.09. The van der Waals surface area contributed by atoms with E-state index in [9.17, 15) is 0 Å². The van der Waals surface area contributed by atoms with Crippen LogP contribution >= 0.6 is 11.3 Å². The van der Waals surface area contributed by atoms with Gasteiger partial charge in [0, 0.05) is 17.8 Å². The van der Waals surface area contributed by atoms with Gasteiger partial charge < -0.3 is 5.32 Å². The first-order chi connectivity index (χ1) is 7.81. The second kappa shape index (κ2) is 3.87. The van der Waals surface area contributed by atoms with Crippen LogP contribution in [-0.2, 0) is 0 Å². The Hall–Kier alpha value is -1.42. The highest BCUT2D eigenvalue weighted by Crippen LogP contribution is 2.26. The Morgan fingerprint density at radius 2 is 2.25 bits per heavy atom. The molecule has 1 aliphatic rings. The minimum absolute atomic E-state index is 0.630. The molecular formula is C12H13N3S. The third kappa shape index (κ3) is 2.07. The van der Waals surface area contributed by atoms with Crippen molar-refractivity contribution in [1.82, 2.24) is 9.97 Å². The van der Waals surface area contributed by atoms with Crippen LogP contribution in [0.15, 0.2) is 23.6 Å². The number of hydrogen-bond donors (Lipinski definition) is 1. The molecule has 2 aromatic rings. The second-order valence-corrected chi connectivity index (χ2v) is 5.06. The third-order valence-electron chi connectivity index (χ3n) is 2.53. The zero-order valence-electron chi connectivity index (χ0n) is 9.10. The monoisotopic (exact) mass is 231 g/mol. The number of aryl methyl sites for hydroxylation is 1. The lowest BCUT2D eigenvalue weighted by molar-refractivity contribution is 1.06. The number of thiophene rings is 1. The van der Waals surface area contributed by atoms with E-state index in [0.717, 1.165) is 22.2 Å². The van der Waals surface area contributed by atoms with Crippen LogP contribution in [0, 0.1) is 6.92 Å². The van der Waals surface area contributed by atoms with E-state index in [1.807, 2.05) is 19.1 Å². The predicted molar refractivity (Wildman–Crippen MR) is 66.7 cm³/mol. The van der Waals surface area contributed by atoms with Crippen LogP contribution in [0.2, 0.25) is 0 Å². The molecule has 0 spiro atoms. The molecule has 1 saturated carbocycles. The van der Waals surface area contributed by atoms with Gasteiger partial charge in [0.2, 0.25) is 0 Å². The van der Waals surface area contributed by atoms with E-state index in [2.05, 4.69) is 26.7 Å². The summed E-state index contributed by atoms with van der Waals surface area (Å²) in [7, 11) is 0. The lowest BCUT2D eigenvalue weighted by Gasteiger charge is -2.06. The first-order valence-corrected chi connectivity index (χ1v) is 6.35. The molecule has 4 heteroatoms. The van der Waals surface area contributed by atoms with E-state index in [1.165, 1.54) is 12.8 Å².